The Kier molecular flexibility index (Phi) is 3.76. The van der Waals surface area contributed by atoms with Crippen LogP contribution in [0.2, 0.25) is 0 Å². The second-order valence-electron chi connectivity index (χ2n) is 5.45. The highest BCUT2D eigenvalue weighted by atomic mass is 32.1. The molecule has 3 rings (SSSR count). The summed E-state index contributed by atoms with van der Waals surface area (Å²) < 4.78 is 0. The molecule has 5 nitrogen and oxygen atoms in total. The van der Waals surface area contributed by atoms with Crippen LogP contribution in [0, 0.1) is 12.8 Å². The number of aliphatic hydroxyl groups is 1. The van der Waals surface area contributed by atoms with Crippen LogP contribution in [0.25, 0.3) is 10.2 Å². The van der Waals surface area contributed by atoms with E-state index in [1.54, 1.807) is 11.3 Å². The first-order valence-electron chi connectivity index (χ1n) is 7.07. The maximum Gasteiger partial charge on any atom is 0.223 e. The van der Waals surface area contributed by atoms with E-state index in [9.17, 15) is 0 Å². The van der Waals surface area contributed by atoms with Crippen LogP contribution in [0.1, 0.15) is 24.1 Å². The van der Waals surface area contributed by atoms with E-state index >= 15 is 0 Å². The van der Waals surface area contributed by atoms with Crippen LogP contribution in [0.4, 0.5) is 11.8 Å². The summed E-state index contributed by atoms with van der Waals surface area (Å²) in [5.74, 6) is 1.85. The average molecular weight is 292 g/mol. The quantitative estimate of drug-likeness (QED) is 0.907. The van der Waals surface area contributed by atoms with Gasteiger partial charge in [-0.3, -0.25) is 0 Å². The number of hydrogen-bond acceptors (Lipinski definition) is 6. The third kappa shape index (κ3) is 2.58. The Morgan fingerprint density at radius 2 is 2.35 bits per heavy atom. The zero-order chi connectivity index (χ0) is 14.1. The number of hydrogen-bond donors (Lipinski definition) is 2. The van der Waals surface area contributed by atoms with E-state index in [0.717, 1.165) is 42.0 Å². The zero-order valence-corrected chi connectivity index (χ0v) is 12.5. The highest BCUT2D eigenvalue weighted by Gasteiger charge is 2.23. The third-order valence-electron chi connectivity index (χ3n) is 3.87. The van der Waals surface area contributed by atoms with E-state index in [0.29, 0.717) is 11.9 Å². The summed E-state index contributed by atoms with van der Waals surface area (Å²) in [6.07, 6.45) is 3.19. The van der Waals surface area contributed by atoms with E-state index in [2.05, 4.69) is 27.9 Å². The van der Waals surface area contributed by atoms with Gasteiger partial charge in [-0.2, -0.15) is 4.98 Å². The number of nitrogen functional groups attached to an aromatic ring is 1. The van der Waals surface area contributed by atoms with Gasteiger partial charge in [0.05, 0.1) is 5.39 Å². The summed E-state index contributed by atoms with van der Waals surface area (Å²) in [6.45, 7) is 4.29. The van der Waals surface area contributed by atoms with Crippen LogP contribution < -0.4 is 10.6 Å². The molecule has 0 spiro atoms. The fraction of sp³-hybridized carbons (Fsp3) is 0.571. The molecule has 6 heteroatoms. The van der Waals surface area contributed by atoms with Gasteiger partial charge in [-0.05, 0) is 38.2 Å². The second-order valence-corrected chi connectivity index (χ2v) is 6.68. The number of aryl methyl sites for hydroxylation is 1. The van der Waals surface area contributed by atoms with Gasteiger partial charge in [0.25, 0.3) is 0 Å². The molecular weight excluding hydrogens is 272 g/mol. The molecule has 1 aliphatic heterocycles. The number of aliphatic hydroxyl groups excluding tert-OH is 1. The maximum atomic E-state index is 9.13. The number of fused-ring (bicyclic) bond motifs is 1. The lowest BCUT2D eigenvalue weighted by molar-refractivity contribution is 0.244. The topological polar surface area (TPSA) is 75.3 Å². The lowest BCUT2D eigenvalue weighted by Crippen LogP contribution is -2.36. The van der Waals surface area contributed by atoms with Gasteiger partial charge in [0.1, 0.15) is 10.6 Å². The molecule has 0 radical (unpaired) electrons. The van der Waals surface area contributed by atoms with Crippen molar-refractivity contribution in [1.29, 1.82) is 0 Å². The molecule has 1 unspecified atom stereocenters. The first kappa shape index (κ1) is 13.6. The van der Waals surface area contributed by atoms with Gasteiger partial charge >= 0.3 is 0 Å². The van der Waals surface area contributed by atoms with Gasteiger partial charge < -0.3 is 15.7 Å². The Balaban J connectivity index is 1.96. The van der Waals surface area contributed by atoms with Crippen LogP contribution in [0.3, 0.4) is 0 Å². The Bertz CT molecular complexity index is 610. The van der Waals surface area contributed by atoms with Crippen molar-refractivity contribution in [1.82, 2.24) is 9.97 Å². The average Bonchev–Trinajstić information content (AvgIpc) is 2.78. The van der Waals surface area contributed by atoms with Gasteiger partial charge in [0.2, 0.25) is 5.95 Å². The minimum Gasteiger partial charge on any atom is -0.396 e. The fourth-order valence-corrected chi connectivity index (χ4v) is 3.84. The third-order valence-corrected chi connectivity index (χ3v) is 4.81. The Labute approximate surface area is 122 Å². The predicted octanol–water partition coefficient (Wildman–Crippen LogP) is 2.18. The van der Waals surface area contributed by atoms with Crippen molar-refractivity contribution in [2.24, 2.45) is 5.92 Å². The minimum absolute atomic E-state index is 0.261. The van der Waals surface area contributed by atoms with Crippen LogP contribution in [0.5, 0.6) is 0 Å². The fourth-order valence-electron chi connectivity index (χ4n) is 2.96. The van der Waals surface area contributed by atoms with Gasteiger partial charge in [0, 0.05) is 24.6 Å². The molecule has 0 aromatic carbocycles. The molecule has 1 fully saturated rings. The number of anilines is 2. The van der Waals surface area contributed by atoms with Crippen molar-refractivity contribution in [2.75, 3.05) is 30.3 Å². The molecule has 0 aliphatic carbocycles. The number of aromatic nitrogens is 2. The second kappa shape index (κ2) is 5.54. The van der Waals surface area contributed by atoms with Crippen molar-refractivity contribution in [3.05, 3.63) is 10.9 Å². The van der Waals surface area contributed by atoms with Crippen molar-refractivity contribution >= 4 is 33.3 Å². The molecule has 1 atom stereocenters. The molecule has 0 saturated carbocycles. The molecule has 108 valence electrons. The van der Waals surface area contributed by atoms with E-state index < -0.39 is 0 Å². The van der Waals surface area contributed by atoms with E-state index in [-0.39, 0.29) is 6.61 Å². The highest BCUT2D eigenvalue weighted by molar-refractivity contribution is 7.18. The maximum absolute atomic E-state index is 9.13. The summed E-state index contributed by atoms with van der Waals surface area (Å²) >= 11 is 1.66. The standard InChI is InChI=1S/C14H20N4OS/c1-9-7-11-12(16-14(15)17-13(11)20-9)18-5-2-3-10(8-18)4-6-19/h7,10,19H,2-6,8H2,1H3,(H2,15,16,17). The SMILES string of the molecule is Cc1cc2c(N3CCCC(CCO)C3)nc(N)nc2s1. The normalized spacial score (nSPS) is 19.7. The van der Waals surface area contributed by atoms with E-state index in [4.69, 9.17) is 10.8 Å². The first-order valence-corrected chi connectivity index (χ1v) is 7.88. The molecule has 0 amide bonds. The van der Waals surface area contributed by atoms with Gasteiger partial charge in [0.15, 0.2) is 0 Å². The van der Waals surface area contributed by atoms with E-state index in [1.165, 1.54) is 11.3 Å². The van der Waals surface area contributed by atoms with Crippen molar-refractivity contribution < 1.29 is 5.11 Å². The summed E-state index contributed by atoms with van der Waals surface area (Å²) in [4.78, 5) is 13.3. The summed E-state index contributed by atoms with van der Waals surface area (Å²) in [5.41, 5.74) is 5.85. The molecule has 3 heterocycles. The molecule has 0 bridgehead atoms. The first-order chi connectivity index (χ1) is 9.67. The van der Waals surface area contributed by atoms with Crippen molar-refractivity contribution in [3.63, 3.8) is 0 Å². The molecule has 2 aromatic heterocycles. The summed E-state index contributed by atoms with van der Waals surface area (Å²) in [6, 6.07) is 2.14. The Hall–Kier alpha value is -1.40. The monoisotopic (exact) mass is 292 g/mol. The lowest BCUT2D eigenvalue weighted by Gasteiger charge is -2.33. The van der Waals surface area contributed by atoms with Crippen LogP contribution >= 0.6 is 11.3 Å². The van der Waals surface area contributed by atoms with Crippen LogP contribution in [-0.2, 0) is 0 Å². The van der Waals surface area contributed by atoms with Gasteiger partial charge in [-0.1, -0.05) is 0 Å². The molecular formula is C14H20N4OS. The number of nitrogens with zero attached hydrogens (tertiary/aromatic N) is 3. The number of piperidine rings is 1. The van der Waals surface area contributed by atoms with E-state index in [1.807, 2.05) is 0 Å². The zero-order valence-electron chi connectivity index (χ0n) is 11.7. The number of rotatable bonds is 3. The van der Waals surface area contributed by atoms with Crippen molar-refractivity contribution in [2.45, 2.75) is 26.2 Å². The largest absolute Gasteiger partial charge is 0.396 e. The Morgan fingerprint density at radius 3 is 3.15 bits per heavy atom. The number of nitrogens with two attached hydrogens (primary N) is 1. The molecule has 20 heavy (non-hydrogen) atoms. The molecule has 3 N–H and O–H groups in total. The molecule has 2 aromatic rings. The van der Waals surface area contributed by atoms with Gasteiger partial charge in [-0.25, -0.2) is 4.98 Å². The smallest absolute Gasteiger partial charge is 0.223 e. The summed E-state index contributed by atoms with van der Waals surface area (Å²) in [5, 5.41) is 10.2. The lowest BCUT2D eigenvalue weighted by atomic mass is 9.95. The van der Waals surface area contributed by atoms with Crippen LogP contribution in [0.15, 0.2) is 6.07 Å². The Morgan fingerprint density at radius 1 is 1.50 bits per heavy atom. The van der Waals surface area contributed by atoms with Crippen LogP contribution in [-0.4, -0.2) is 34.8 Å². The van der Waals surface area contributed by atoms with Gasteiger partial charge in [-0.15, -0.1) is 11.3 Å². The van der Waals surface area contributed by atoms with Crippen molar-refractivity contribution in [3.8, 4) is 0 Å². The summed E-state index contributed by atoms with van der Waals surface area (Å²) in [7, 11) is 0. The highest BCUT2D eigenvalue weighted by Crippen LogP contribution is 2.33. The number of thiophene rings is 1. The molecule has 1 saturated heterocycles. The predicted molar refractivity (Wildman–Crippen MR) is 83.2 cm³/mol. The molecule has 1 aliphatic rings. The minimum atomic E-state index is 0.261.